The van der Waals surface area contributed by atoms with Crippen LogP contribution in [0.3, 0.4) is 0 Å². The van der Waals surface area contributed by atoms with E-state index in [9.17, 15) is 5.11 Å². The number of phenolic OH excluding ortho intramolecular Hbond substituents is 1. The molecule has 3 aromatic rings. The zero-order chi connectivity index (χ0) is 18.5. The predicted molar refractivity (Wildman–Crippen MR) is 119 cm³/mol. The minimum Gasteiger partial charge on any atom is -0.508 e. The molecule has 0 unspecified atom stereocenters. The van der Waals surface area contributed by atoms with Crippen LogP contribution in [-0.4, -0.2) is 23.1 Å². The molecule has 0 aromatic heterocycles. The fourth-order valence-corrected chi connectivity index (χ4v) is 3.90. The first-order chi connectivity index (χ1) is 13.3. The number of para-hydroxylation sites is 1. The van der Waals surface area contributed by atoms with Crippen molar-refractivity contribution in [3.05, 3.63) is 107 Å². The van der Waals surface area contributed by atoms with Gasteiger partial charge in [-0.1, -0.05) is 84.4 Å². The molecule has 0 atom stereocenters. The molecule has 0 radical (unpaired) electrons. The number of rotatable bonds is 4. The second-order valence-corrected chi connectivity index (χ2v) is 7.12. The number of phenols is 1. The van der Waals surface area contributed by atoms with Crippen molar-refractivity contribution in [2.24, 2.45) is 0 Å². The smallest absolute Gasteiger partial charge is 0.120 e. The van der Waals surface area contributed by atoms with Crippen molar-refractivity contribution in [3.63, 3.8) is 0 Å². The lowest BCUT2D eigenvalue weighted by molar-refractivity contribution is 0.245. The van der Waals surface area contributed by atoms with Crippen LogP contribution in [0.15, 0.2) is 90.5 Å². The fourth-order valence-electron chi connectivity index (χ4n) is 3.90. The number of aromatic hydroxyl groups is 1. The lowest BCUT2D eigenvalue weighted by atomic mass is 9.88. The molecule has 3 heteroatoms. The summed E-state index contributed by atoms with van der Waals surface area (Å²) in [5.41, 5.74) is 6.52. The molecule has 4 rings (SSSR count). The Morgan fingerprint density at radius 1 is 0.714 bits per heavy atom. The van der Waals surface area contributed by atoms with Crippen molar-refractivity contribution in [2.45, 2.75) is 19.4 Å². The molecular formula is C25H26ClNO. The minimum absolute atomic E-state index is 0. The van der Waals surface area contributed by atoms with Gasteiger partial charge < -0.3 is 5.11 Å². The summed E-state index contributed by atoms with van der Waals surface area (Å²) in [6.07, 6.45) is 2.12. The number of benzene rings is 3. The second kappa shape index (κ2) is 9.59. The van der Waals surface area contributed by atoms with E-state index < -0.39 is 0 Å². The van der Waals surface area contributed by atoms with E-state index >= 15 is 0 Å². The highest BCUT2D eigenvalue weighted by atomic mass is 35.5. The maximum absolute atomic E-state index is 10.0. The van der Waals surface area contributed by atoms with Gasteiger partial charge in [0.1, 0.15) is 5.75 Å². The van der Waals surface area contributed by atoms with Gasteiger partial charge in [0, 0.05) is 25.2 Å². The molecule has 1 heterocycles. The number of piperidine rings is 1. The molecule has 1 aliphatic rings. The molecule has 0 aliphatic carbocycles. The van der Waals surface area contributed by atoms with Crippen LogP contribution in [-0.2, 0) is 6.54 Å². The lowest BCUT2D eigenvalue weighted by Crippen LogP contribution is -2.30. The molecule has 3 aromatic carbocycles. The number of halogens is 1. The van der Waals surface area contributed by atoms with Crippen LogP contribution < -0.4 is 0 Å². The maximum atomic E-state index is 10.0. The standard InChI is InChI=1S/C25H25NO.ClH/c27-24-14-8-7-13-23(24)19-26-17-15-22(16-18-26)25(20-9-3-1-4-10-20)21-11-5-2-6-12-21;/h1-14,27H,15-19H2;1H. The highest BCUT2D eigenvalue weighted by Gasteiger charge is 2.19. The summed E-state index contributed by atoms with van der Waals surface area (Å²) >= 11 is 0. The second-order valence-electron chi connectivity index (χ2n) is 7.12. The first kappa shape index (κ1) is 20.2. The van der Waals surface area contributed by atoms with E-state index in [1.165, 1.54) is 22.3 Å². The van der Waals surface area contributed by atoms with E-state index in [1.54, 1.807) is 6.07 Å². The zero-order valence-electron chi connectivity index (χ0n) is 15.9. The summed E-state index contributed by atoms with van der Waals surface area (Å²) in [6, 6.07) is 29.1. The Hall–Kier alpha value is -2.55. The first-order valence-corrected chi connectivity index (χ1v) is 9.63. The Labute approximate surface area is 173 Å². The molecular weight excluding hydrogens is 366 g/mol. The summed E-state index contributed by atoms with van der Waals surface area (Å²) in [6.45, 7) is 2.85. The average molecular weight is 392 g/mol. The normalized spacial score (nSPS) is 14.4. The third kappa shape index (κ3) is 4.64. The van der Waals surface area contributed by atoms with E-state index in [-0.39, 0.29) is 12.4 Å². The molecule has 1 N–H and O–H groups in total. The number of hydrogen-bond donors (Lipinski definition) is 1. The van der Waals surface area contributed by atoms with Gasteiger partial charge in [-0.25, -0.2) is 0 Å². The molecule has 0 bridgehead atoms. The summed E-state index contributed by atoms with van der Waals surface area (Å²) in [5, 5.41) is 10.0. The monoisotopic (exact) mass is 391 g/mol. The van der Waals surface area contributed by atoms with Crippen molar-refractivity contribution in [2.75, 3.05) is 13.1 Å². The topological polar surface area (TPSA) is 23.5 Å². The number of nitrogens with zero attached hydrogens (tertiary/aromatic N) is 1. The fraction of sp³-hybridized carbons (Fsp3) is 0.200. The molecule has 1 saturated heterocycles. The van der Waals surface area contributed by atoms with Gasteiger partial charge in [-0.05, 0) is 35.6 Å². The molecule has 2 nitrogen and oxygen atoms in total. The Kier molecular flexibility index (Phi) is 6.91. The van der Waals surface area contributed by atoms with Crippen molar-refractivity contribution in [3.8, 4) is 5.75 Å². The van der Waals surface area contributed by atoms with E-state index in [1.807, 2.05) is 18.2 Å². The quantitative estimate of drug-likeness (QED) is 0.597. The first-order valence-electron chi connectivity index (χ1n) is 9.63. The average Bonchev–Trinajstić information content (AvgIpc) is 2.73. The predicted octanol–water partition coefficient (Wildman–Crippen LogP) is 5.91. The van der Waals surface area contributed by atoms with Gasteiger partial charge in [0.2, 0.25) is 0 Å². The van der Waals surface area contributed by atoms with Crippen LogP contribution in [0, 0.1) is 0 Å². The van der Waals surface area contributed by atoms with Crippen LogP contribution in [0.5, 0.6) is 5.75 Å². The van der Waals surface area contributed by atoms with Gasteiger partial charge in [0.25, 0.3) is 0 Å². The highest BCUT2D eigenvalue weighted by Crippen LogP contribution is 2.32. The van der Waals surface area contributed by atoms with Crippen LogP contribution in [0.25, 0.3) is 5.57 Å². The van der Waals surface area contributed by atoms with Crippen molar-refractivity contribution in [1.82, 2.24) is 4.90 Å². The number of hydrogen-bond acceptors (Lipinski definition) is 2. The van der Waals surface area contributed by atoms with Gasteiger partial charge in [-0.15, -0.1) is 12.4 Å². The summed E-state index contributed by atoms with van der Waals surface area (Å²) < 4.78 is 0. The summed E-state index contributed by atoms with van der Waals surface area (Å²) in [7, 11) is 0. The Morgan fingerprint density at radius 2 is 1.21 bits per heavy atom. The van der Waals surface area contributed by atoms with E-state index in [4.69, 9.17) is 0 Å². The third-order valence-corrected chi connectivity index (χ3v) is 5.32. The van der Waals surface area contributed by atoms with Gasteiger partial charge >= 0.3 is 0 Å². The van der Waals surface area contributed by atoms with Crippen molar-refractivity contribution in [1.29, 1.82) is 0 Å². The van der Waals surface area contributed by atoms with Gasteiger partial charge in [0.05, 0.1) is 0 Å². The van der Waals surface area contributed by atoms with E-state index in [2.05, 4.69) is 65.6 Å². The largest absolute Gasteiger partial charge is 0.508 e. The highest BCUT2D eigenvalue weighted by molar-refractivity contribution is 5.85. The maximum Gasteiger partial charge on any atom is 0.120 e. The van der Waals surface area contributed by atoms with Crippen LogP contribution in [0.1, 0.15) is 29.5 Å². The Balaban J connectivity index is 0.00000225. The van der Waals surface area contributed by atoms with Gasteiger partial charge in [0.15, 0.2) is 0 Å². The summed E-state index contributed by atoms with van der Waals surface area (Å²) in [5.74, 6) is 0.396. The molecule has 0 spiro atoms. The lowest BCUT2D eigenvalue weighted by Gasteiger charge is -2.30. The van der Waals surface area contributed by atoms with Crippen LogP contribution >= 0.6 is 12.4 Å². The Morgan fingerprint density at radius 3 is 1.75 bits per heavy atom. The molecule has 0 saturated carbocycles. The van der Waals surface area contributed by atoms with Crippen LogP contribution in [0.4, 0.5) is 0 Å². The molecule has 0 amide bonds. The summed E-state index contributed by atoms with van der Waals surface area (Å²) in [4.78, 5) is 2.44. The third-order valence-electron chi connectivity index (χ3n) is 5.32. The molecule has 1 aliphatic heterocycles. The molecule has 144 valence electrons. The van der Waals surface area contributed by atoms with E-state index in [0.717, 1.165) is 38.0 Å². The van der Waals surface area contributed by atoms with E-state index in [0.29, 0.717) is 5.75 Å². The number of likely N-dealkylation sites (tertiary alicyclic amines) is 1. The molecule has 1 fully saturated rings. The Bertz CT molecular complexity index is 870. The molecule has 28 heavy (non-hydrogen) atoms. The van der Waals surface area contributed by atoms with Crippen molar-refractivity contribution >= 4 is 18.0 Å². The van der Waals surface area contributed by atoms with Gasteiger partial charge in [-0.2, -0.15) is 0 Å². The van der Waals surface area contributed by atoms with Gasteiger partial charge in [-0.3, -0.25) is 4.90 Å². The minimum atomic E-state index is 0. The SMILES string of the molecule is Cl.Oc1ccccc1CN1CCC(=C(c2ccccc2)c2ccccc2)CC1. The van der Waals surface area contributed by atoms with Crippen LogP contribution in [0.2, 0.25) is 0 Å². The van der Waals surface area contributed by atoms with Crippen molar-refractivity contribution < 1.29 is 5.11 Å². The zero-order valence-corrected chi connectivity index (χ0v) is 16.7.